The zero-order valence-corrected chi connectivity index (χ0v) is 27.8. The lowest BCUT2D eigenvalue weighted by molar-refractivity contribution is -0.123. The predicted octanol–water partition coefficient (Wildman–Crippen LogP) is 5.90. The average molecular weight is 688 g/mol. The highest BCUT2D eigenvalue weighted by Crippen LogP contribution is 2.69. The van der Waals surface area contributed by atoms with Crippen LogP contribution in [-0.2, 0) is 20.9 Å². The van der Waals surface area contributed by atoms with Crippen LogP contribution in [0.3, 0.4) is 0 Å². The second-order valence-corrected chi connectivity index (χ2v) is 15.0. The lowest BCUT2D eigenvalue weighted by atomic mass is 9.68. The molecule has 3 heterocycles. The van der Waals surface area contributed by atoms with Crippen molar-refractivity contribution in [1.82, 2.24) is 4.57 Å². The summed E-state index contributed by atoms with van der Waals surface area (Å²) in [6.45, 7) is -0.141. The average Bonchev–Trinajstić information content (AvgIpc) is 3.80. The van der Waals surface area contributed by atoms with E-state index in [1.807, 2.05) is 24.3 Å². The Balaban J connectivity index is 1.16. The molecule has 3 amide bonds. The minimum atomic E-state index is -0.424. The second-order valence-electron chi connectivity index (χ2n) is 12.4. The molecule has 0 radical (unpaired) electrons. The van der Waals surface area contributed by atoms with Crippen LogP contribution in [0.1, 0.15) is 22.8 Å². The number of carbonyl (C=O) groups excluding carboxylic acids is 3. The monoisotopic (exact) mass is 687 g/mol. The van der Waals surface area contributed by atoms with Gasteiger partial charge in [-0.25, -0.2) is 0 Å². The number of hydrogen-bond acceptors (Lipinski definition) is 8. The summed E-state index contributed by atoms with van der Waals surface area (Å²) in [6.07, 6.45) is 0.771. The van der Waals surface area contributed by atoms with Gasteiger partial charge < -0.3 is 14.8 Å². The molecule has 4 aromatic rings. The van der Waals surface area contributed by atoms with Crippen molar-refractivity contribution in [2.75, 3.05) is 24.4 Å². The molecule has 4 aliphatic rings. The van der Waals surface area contributed by atoms with Crippen molar-refractivity contribution in [2.24, 2.45) is 29.6 Å². The van der Waals surface area contributed by atoms with E-state index in [0.717, 1.165) is 27.6 Å². The van der Waals surface area contributed by atoms with Crippen molar-refractivity contribution < 1.29 is 23.9 Å². The summed E-state index contributed by atoms with van der Waals surface area (Å²) in [5.74, 6) is -0.282. The molecule has 3 fully saturated rings. The van der Waals surface area contributed by atoms with E-state index >= 15 is 0 Å². The van der Waals surface area contributed by atoms with E-state index < -0.39 is 11.8 Å². The SMILES string of the molecule is COc1ccc(NC(=O)Cn2c3c(sc2=O)C(c2ccc(OC)cc2)C2C4CC(C2S3)C2C(=O)N(c3ccc(Cl)cc3)C(=O)C42)cc1. The minimum absolute atomic E-state index is 0.00679. The Labute approximate surface area is 283 Å². The van der Waals surface area contributed by atoms with Gasteiger partial charge in [0.05, 0.1) is 36.8 Å². The van der Waals surface area contributed by atoms with E-state index in [9.17, 15) is 19.2 Å². The summed E-state index contributed by atoms with van der Waals surface area (Å²) in [6, 6.07) is 21.7. The minimum Gasteiger partial charge on any atom is -0.497 e. The third kappa shape index (κ3) is 4.81. The van der Waals surface area contributed by atoms with Crippen LogP contribution in [0.4, 0.5) is 11.4 Å². The number of methoxy groups -OCH3 is 2. The third-order valence-corrected chi connectivity index (χ3v) is 13.2. The highest BCUT2D eigenvalue weighted by molar-refractivity contribution is 8.00. The Morgan fingerprint density at radius 1 is 0.872 bits per heavy atom. The molecule has 3 aromatic carbocycles. The first kappa shape index (κ1) is 30.3. The topological polar surface area (TPSA) is 107 Å². The zero-order valence-electron chi connectivity index (χ0n) is 25.4. The maximum Gasteiger partial charge on any atom is 0.308 e. The highest BCUT2D eigenvalue weighted by atomic mass is 35.5. The number of imide groups is 1. The van der Waals surface area contributed by atoms with Crippen LogP contribution in [0.5, 0.6) is 11.5 Å². The van der Waals surface area contributed by atoms with Gasteiger partial charge in [-0.05, 0) is 90.4 Å². The number of halogens is 1. The Hall–Kier alpha value is -4.06. The van der Waals surface area contributed by atoms with E-state index in [-0.39, 0.29) is 58.1 Å². The summed E-state index contributed by atoms with van der Waals surface area (Å²) >= 11 is 8.88. The number of aromatic nitrogens is 1. The van der Waals surface area contributed by atoms with Crippen molar-refractivity contribution in [3.8, 4) is 11.5 Å². The van der Waals surface area contributed by atoms with Gasteiger partial charge in [-0.15, -0.1) is 11.8 Å². The fourth-order valence-electron chi connectivity index (χ4n) is 8.30. The van der Waals surface area contributed by atoms with Crippen LogP contribution >= 0.6 is 34.7 Å². The molecule has 240 valence electrons. The molecule has 8 rings (SSSR count). The van der Waals surface area contributed by atoms with Gasteiger partial charge in [0.25, 0.3) is 0 Å². The summed E-state index contributed by atoms with van der Waals surface area (Å²) in [7, 11) is 3.20. The summed E-state index contributed by atoms with van der Waals surface area (Å²) in [5, 5.41) is 4.18. The van der Waals surface area contributed by atoms with Gasteiger partial charge in [-0.1, -0.05) is 35.1 Å². The number of fused-ring (bicyclic) bond motifs is 9. The molecule has 2 aliphatic carbocycles. The quantitative estimate of drug-likeness (QED) is 0.241. The van der Waals surface area contributed by atoms with Crippen LogP contribution < -0.4 is 24.6 Å². The van der Waals surface area contributed by atoms with E-state index in [0.29, 0.717) is 22.1 Å². The first-order chi connectivity index (χ1) is 22.8. The highest BCUT2D eigenvalue weighted by Gasteiger charge is 2.69. The number of benzene rings is 3. The normalized spacial score (nSPS) is 27.0. The number of hydrogen-bond donors (Lipinski definition) is 1. The predicted molar refractivity (Wildman–Crippen MR) is 181 cm³/mol. The summed E-state index contributed by atoms with van der Waals surface area (Å²) in [5.41, 5.74) is 2.16. The maximum absolute atomic E-state index is 14.0. The fraction of sp³-hybridized carbons (Fsp3) is 0.314. The molecule has 12 heteroatoms. The van der Waals surface area contributed by atoms with Crippen molar-refractivity contribution in [3.05, 3.63) is 97.9 Å². The Kier molecular flexibility index (Phi) is 7.46. The number of thioether (sulfide) groups is 1. The van der Waals surface area contributed by atoms with Gasteiger partial charge in [0.2, 0.25) is 17.7 Å². The van der Waals surface area contributed by atoms with Crippen molar-refractivity contribution >= 4 is 63.8 Å². The molecule has 2 aliphatic heterocycles. The van der Waals surface area contributed by atoms with Crippen molar-refractivity contribution in [1.29, 1.82) is 0 Å². The van der Waals surface area contributed by atoms with Gasteiger partial charge >= 0.3 is 4.87 Å². The van der Waals surface area contributed by atoms with Crippen LogP contribution in [0.2, 0.25) is 5.02 Å². The first-order valence-electron chi connectivity index (χ1n) is 15.4. The van der Waals surface area contributed by atoms with Crippen molar-refractivity contribution in [3.63, 3.8) is 0 Å². The molecular formula is C35H30ClN3O6S2. The largest absolute Gasteiger partial charge is 0.497 e. The van der Waals surface area contributed by atoms with E-state index in [4.69, 9.17) is 21.1 Å². The molecular weight excluding hydrogens is 658 g/mol. The number of ether oxygens (including phenoxy) is 2. The number of rotatable bonds is 7. The molecule has 1 saturated heterocycles. The molecule has 47 heavy (non-hydrogen) atoms. The van der Waals surface area contributed by atoms with Crippen LogP contribution in [0, 0.1) is 29.6 Å². The molecule has 0 spiro atoms. The number of nitrogens with one attached hydrogen (secondary N) is 1. The number of thiazole rings is 1. The molecule has 1 N–H and O–H groups in total. The summed E-state index contributed by atoms with van der Waals surface area (Å²) < 4.78 is 12.2. The number of carbonyl (C=O) groups is 3. The van der Waals surface area contributed by atoms with Gasteiger partial charge in [0.1, 0.15) is 18.0 Å². The number of amides is 3. The van der Waals surface area contributed by atoms with Gasteiger partial charge in [0, 0.05) is 26.8 Å². The Morgan fingerprint density at radius 3 is 2.13 bits per heavy atom. The van der Waals surface area contributed by atoms with Crippen LogP contribution in [-0.4, -0.2) is 41.8 Å². The summed E-state index contributed by atoms with van der Waals surface area (Å²) in [4.78, 5) is 56.9. The molecule has 2 bridgehead atoms. The second kappa shape index (κ2) is 11.6. The molecule has 7 unspecified atom stereocenters. The standard InChI is InChI=1S/C35H30ClN3O6S2/c1-44-21-11-3-17(4-12-21)26-27-23-15-24(29-28(23)32(41)39(33(29)42)20-9-5-18(36)6-10-20)30(27)46-34-31(26)47-35(43)38(34)16-25(40)37-19-7-13-22(45-2)14-8-19/h3-14,23-24,26-30H,15-16H2,1-2H3,(H,37,40). The van der Waals surface area contributed by atoms with E-state index in [2.05, 4.69) is 5.32 Å². The maximum atomic E-state index is 14.0. The molecule has 1 aromatic heterocycles. The fourth-order valence-corrected chi connectivity index (χ4v) is 11.6. The smallest absolute Gasteiger partial charge is 0.308 e. The van der Waals surface area contributed by atoms with E-state index in [1.54, 1.807) is 79.1 Å². The number of anilines is 2. The van der Waals surface area contributed by atoms with Crippen molar-refractivity contribution in [2.45, 2.75) is 29.2 Å². The molecule has 9 nitrogen and oxygen atoms in total. The molecule has 2 saturated carbocycles. The van der Waals surface area contributed by atoms with Crippen LogP contribution in [0.25, 0.3) is 0 Å². The third-order valence-electron chi connectivity index (χ3n) is 10.2. The first-order valence-corrected chi connectivity index (χ1v) is 17.5. The zero-order chi connectivity index (χ0) is 32.6. The van der Waals surface area contributed by atoms with Crippen LogP contribution in [0.15, 0.2) is 82.6 Å². The Bertz CT molecular complexity index is 1960. The van der Waals surface area contributed by atoms with Gasteiger partial charge in [0.15, 0.2) is 0 Å². The van der Waals surface area contributed by atoms with E-state index in [1.165, 1.54) is 16.2 Å². The lowest BCUT2D eigenvalue weighted by Gasteiger charge is -2.43. The lowest BCUT2D eigenvalue weighted by Crippen LogP contribution is -2.43. The molecule has 7 atom stereocenters. The Morgan fingerprint density at radius 2 is 1.49 bits per heavy atom. The van der Waals surface area contributed by atoms with Gasteiger partial charge in [-0.3, -0.25) is 28.6 Å². The van der Waals surface area contributed by atoms with Gasteiger partial charge in [-0.2, -0.15) is 0 Å². The number of nitrogens with zero attached hydrogens (tertiary/aromatic N) is 2.